The van der Waals surface area contributed by atoms with Crippen LogP contribution in [0.5, 0.6) is 0 Å². The van der Waals surface area contributed by atoms with Crippen LogP contribution < -0.4 is 5.32 Å². The van der Waals surface area contributed by atoms with Crippen molar-refractivity contribution >= 4 is 23.5 Å². The maximum atomic E-state index is 13.4. The van der Waals surface area contributed by atoms with E-state index in [4.69, 9.17) is 5.26 Å². The molecule has 1 aromatic carbocycles. The number of aromatic nitrogens is 2. The first-order chi connectivity index (χ1) is 14.3. The van der Waals surface area contributed by atoms with Crippen molar-refractivity contribution in [1.82, 2.24) is 9.78 Å². The molecule has 1 atom stereocenters. The van der Waals surface area contributed by atoms with Crippen LogP contribution in [0.4, 0.5) is 23.2 Å². The lowest BCUT2D eigenvalue weighted by Gasteiger charge is -2.36. The fraction of sp³-hybridized carbons (Fsp3) is 0.235. The van der Waals surface area contributed by atoms with Crippen molar-refractivity contribution in [2.24, 2.45) is 0 Å². The number of hydrogen-bond donors (Lipinski definition) is 2. The number of rotatable bonds is 4. The van der Waals surface area contributed by atoms with Gasteiger partial charge in [-0.1, -0.05) is 0 Å². The summed E-state index contributed by atoms with van der Waals surface area (Å²) in [5.74, 6) is -8.79. The third-order valence-corrected chi connectivity index (χ3v) is 4.24. The highest BCUT2D eigenvalue weighted by molar-refractivity contribution is 6.31. The summed E-state index contributed by atoms with van der Waals surface area (Å²) in [6.07, 6.45) is -3.80. The molecule has 10 nitrogen and oxygen atoms in total. The lowest BCUT2D eigenvalue weighted by Crippen LogP contribution is -2.61. The van der Waals surface area contributed by atoms with Gasteiger partial charge in [-0.05, 0) is 25.1 Å². The molecular weight excluding hydrogens is 432 g/mol. The number of ether oxygens (including phenoxy) is 2. The highest BCUT2D eigenvalue weighted by Gasteiger charge is 2.67. The van der Waals surface area contributed by atoms with Crippen LogP contribution in [0.1, 0.15) is 18.1 Å². The summed E-state index contributed by atoms with van der Waals surface area (Å²) in [6.45, 7) is 0.697. The summed E-state index contributed by atoms with van der Waals surface area (Å²) in [6, 6.07) is 3.50. The third kappa shape index (κ3) is 3.55. The largest absolute Gasteiger partial charge is 0.422 e. The molecule has 1 amide bonds. The smallest absolute Gasteiger partial charge is 0.391 e. The maximum absolute atomic E-state index is 13.4. The van der Waals surface area contributed by atoms with E-state index >= 15 is 0 Å². The second kappa shape index (κ2) is 7.06. The molecular formula is C17H10F4N4O6. The van der Waals surface area contributed by atoms with Crippen LogP contribution in [0, 0.1) is 17.1 Å². The van der Waals surface area contributed by atoms with E-state index in [1.807, 2.05) is 5.32 Å². The van der Waals surface area contributed by atoms with E-state index in [2.05, 4.69) is 14.6 Å². The summed E-state index contributed by atoms with van der Waals surface area (Å²) in [5.41, 5.74) is -5.61. The van der Waals surface area contributed by atoms with E-state index in [1.165, 1.54) is 6.07 Å². The molecule has 0 radical (unpaired) electrons. The molecule has 14 heteroatoms. The van der Waals surface area contributed by atoms with E-state index in [-0.39, 0.29) is 0 Å². The van der Waals surface area contributed by atoms with Gasteiger partial charge in [0.25, 0.3) is 5.91 Å². The second-order valence-corrected chi connectivity index (χ2v) is 6.36. The van der Waals surface area contributed by atoms with Gasteiger partial charge in [0.15, 0.2) is 5.82 Å². The number of anilines is 1. The Labute approximate surface area is 169 Å². The molecule has 2 aromatic rings. The number of cyclic esters (lactones) is 2. The number of hydrogen-bond acceptors (Lipinski definition) is 8. The molecule has 1 aliphatic rings. The van der Waals surface area contributed by atoms with Crippen molar-refractivity contribution in [3.63, 3.8) is 0 Å². The van der Waals surface area contributed by atoms with Crippen LogP contribution in [0.3, 0.4) is 0 Å². The van der Waals surface area contributed by atoms with Crippen LogP contribution in [-0.2, 0) is 35.9 Å². The number of amides is 1. The fourth-order valence-corrected chi connectivity index (χ4v) is 2.68. The lowest BCUT2D eigenvalue weighted by atomic mass is 9.99. The molecule has 2 heterocycles. The Hall–Kier alpha value is -3.99. The number of carbonyl (C=O) groups excluding carboxylic acids is 3. The number of halogens is 4. The molecule has 1 unspecified atom stereocenters. The number of esters is 2. The Morgan fingerprint density at radius 3 is 2.39 bits per heavy atom. The zero-order valence-electron chi connectivity index (χ0n) is 15.2. The summed E-state index contributed by atoms with van der Waals surface area (Å²) in [4.78, 5) is 35.9. The lowest BCUT2D eigenvalue weighted by molar-refractivity contribution is -0.299. The molecule has 1 aliphatic heterocycles. The van der Waals surface area contributed by atoms with Gasteiger partial charge in [0.2, 0.25) is 5.60 Å². The van der Waals surface area contributed by atoms with Gasteiger partial charge in [-0.25, -0.2) is 14.0 Å². The van der Waals surface area contributed by atoms with Gasteiger partial charge in [-0.2, -0.15) is 28.2 Å². The minimum Gasteiger partial charge on any atom is -0.391 e. The van der Waals surface area contributed by atoms with Crippen LogP contribution in [0.25, 0.3) is 0 Å². The number of benzene rings is 1. The van der Waals surface area contributed by atoms with Crippen molar-refractivity contribution in [1.29, 1.82) is 5.26 Å². The minimum atomic E-state index is -4.93. The summed E-state index contributed by atoms with van der Waals surface area (Å²) in [5, 5.41) is 25.0. The van der Waals surface area contributed by atoms with Gasteiger partial charge >= 0.3 is 24.0 Å². The topological polar surface area (TPSA) is 144 Å². The zero-order chi connectivity index (χ0) is 23.2. The average Bonchev–Trinajstić information content (AvgIpc) is 3.25. The SMILES string of the molecule is CC(O)(C(=O)Nc1ccc(C#N)c(C(F)(F)F)c1)C1(n2cc(F)cn2)OC(=O)C(=O)O1. The van der Waals surface area contributed by atoms with Crippen molar-refractivity contribution in [2.75, 3.05) is 5.32 Å². The number of nitrogens with zero attached hydrogens (tertiary/aromatic N) is 3. The molecule has 1 aromatic heterocycles. The molecule has 0 spiro atoms. The Balaban J connectivity index is 2.01. The van der Waals surface area contributed by atoms with Gasteiger partial charge in [0, 0.05) is 5.69 Å². The van der Waals surface area contributed by atoms with Crippen LogP contribution in [0.15, 0.2) is 30.6 Å². The Morgan fingerprint density at radius 1 is 1.29 bits per heavy atom. The Kier molecular flexibility index (Phi) is 4.94. The monoisotopic (exact) mass is 442 g/mol. The highest BCUT2D eigenvalue weighted by Crippen LogP contribution is 2.39. The standard InChI is InChI=1S/C17H10F4N4O6/c1-15(29,17(25-7-9(18)6-23-25)30-12(26)13(27)31-17)14(28)24-10-3-2-8(5-22)11(4-10)16(19,20)21/h2-4,6-7,29H,1H3,(H,24,28). The Morgan fingerprint density at radius 2 is 1.90 bits per heavy atom. The van der Waals surface area contributed by atoms with Crippen molar-refractivity contribution in [2.45, 2.75) is 24.6 Å². The van der Waals surface area contributed by atoms with Crippen molar-refractivity contribution in [3.05, 3.63) is 47.5 Å². The molecule has 3 rings (SSSR count). The molecule has 31 heavy (non-hydrogen) atoms. The molecule has 2 N–H and O–H groups in total. The minimum absolute atomic E-state index is 0.352. The number of alkyl halides is 3. The average molecular weight is 442 g/mol. The zero-order valence-corrected chi connectivity index (χ0v) is 15.2. The second-order valence-electron chi connectivity index (χ2n) is 6.36. The van der Waals surface area contributed by atoms with Crippen molar-refractivity contribution in [3.8, 4) is 6.07 Å². The predicted octanol–water partition coefficient (Wildman–Crippen LogP) is 1.01. The molecule has 0 bridgehead atoms. The van der Waals surface area contributed by atoms with Gasteiger partial charge in [0.1, 0.15) is 0 Å². The van der Waals surface area contributed by atoms with Gasteiger partial charge in [0.05, 0.1) is 29.6 Å². The molecule has 0 aliphatic carbocycles. The van der Waals surface area contributed by atoms with E-state index < -0.39 is 58.2 Å². The highest BCUT2D eigenvalue weighted by atomic mass is 19.4. The van der Waals surface area contributed by atoms with Crippen molar-refractivity contribution < 1.29 is 46.5 Å². The first-order valence-electron chi connectivity index (χ1n) is 8.14. The van der Waals surface area contributed by atoms with Gasteiger partial charge < -0.3 is 19.9 Å². The predicted molar refractivity (Wildman–Crippen MR) is 87.8 cm³/mol. The summed E-state index contributed by atoms with van der Waals surface area (Å²) < 4.78 is 62.5. The van der Waals surface area contributed by atoms with Gasteiger partial charge in [-0.3, -0.25) is 4.79 Å². The number of nitriles is 1. The number of aliphatic hydroxyl groups is 1. The van der Waals surface area contributed by atoms with E-state index in [0.717, 1.165) is 12.1 Å². The summed E-state index contributed by atoms with van der Waals surface area (Å²) >= 11 is 0. The first kappa shape index (κ1) is 21.7. The van der Waals surface area contributed by atoms with Crippen LogP contribution in [0.2, 0.25) is 0 Å². The number of carbonyl (C=O) groups is 3. The molecule has 162 valence electrons. The van der Waals surface area contributed by atoms with E-state index in [0.29, 0.717) is 30.1 Å². The fourth-order valence-electron chi connectivity index (χ4n) is 2.68. The third-order valence-electron chi connectivity index (χ3n) is 4.24. The van der Waals surface area contributed by atoms with Crippen LogP contribution in [-0.4, -0.2) is 38.3 Å². The molecule has 1 fully saturated rings. The Bertz CT molecular complexity index is 1120. The van der Waals surface area contributed by atoms with E-state index in [1.54, 1.807) is 0 Å². The van der Waals surface area contributed by atoms with E-state index in [9.17, 15) is 37.1 Å². The quantitative estimate of drug-likeness (QED) is 0.406. The summed E-state index contributed by atoms with van der Waals surface area (Å²) in [7, 11) is 0. The number of nitrogens with one attached hydrogen (secondary N) is 1. The molecule has 0 saturated carbocycles. The van der Waals surface area contributed by atoms with Crippen LogP contribution >= 0.6 is 0 Å². The first-order valence-corrected chi connectivity index (χ1v) is 8.14. The normalized spacial score (nSPS) is 17.3. The van der Waals surface area contributed by atoms with Gasteiger partial charge in [-0.15, -0.1) is 0 Å². The molecule has 1 saturated heterocycles. The maximum Gasteiger partial charge on any atom is 0.422 e.